The summed E-state index contributed by atoms with van der Waals surface area (Å²) < 4.78 is 96.5. The molecule has 1 aromatic carbocycles. The zero-order valence-electron chi connectivity index (χ0n) is 22.4. The Morgan fingerprint density at radius 1 is 1.19 bits per heavy atom. The summed E-state index contributed by atoms with van der Waals surface area (Å²) in [6, 6.07) is 2.65. The van der Waals surface area contributed by atoms with Gasteiger partial charge in [0.2, 0.25) is 0 Å². The number of pyridine rings is 1. The lowest BCUT2D eigenvalue weighted by Crippen LogP contribution is -2.27. The van der Waals surface area contributed by atoms with Crippen molar-refractivity contribution in [3.8, 4) is 11.4 Å². The first-order chi connectivity index (χ1) is 20.3. The molecule has 1 fully saturated rings. The molecule has 0 bridgehead atoms. The summed E-state index contributed by atoms with van der Waals surface area (Å²) in [6.07, 6.45) is -5.04. The highest BCUT2D eigenvalue weighted by Crippen LogP contribution is 2.35. The number of aryl methyl sites for hydroxylation is 1. The number of nitrogens with zero attached hydrogens (tertiary/aromatic N) is 4. The quantitative estimate of drug-likeness (QED) is 0.205. The number of aromatic amines is 1. The summed E-state index contributed by atoms with van der Waals surface area (Å²) in [6.45, 7) is 1.77. The lowest BCUT2D eigenvalue weighted by atomic mass is 10.1. The minimum Gasteiger partial charge on any atom is -0.381 e. The Morgan fingerprint density at radius 3 is 2.60 bits per heavy atom. The summed E-state index contributed by atoms with van der Waals surface area (Å²) in [5, 5.41) is 10.8. The molecule has 0 saturated heterocycles. The van der Waals surface area contributed by atoms with Gasteiger partial charge in [0.25, 0.3) is 17.5 Å². The average molecular weight is 612 g/mol. The van der Waals surface area contributed by atoms with Crippen LogP contribution in [0.25, 0.3) is 22.2 Å². The number of anilines is 2. The van der Waals surface area contributed by atoms with E-state index in [1.165, 1.54) is 16.8 Å². The minimum absolute atomic E-state index is 0.0279. The van der Waals surface area contributed by atoms with E-state index in [1.54, 1.807) is 18.1 Å². The van der Waals surface area contributed by atoms with E-state index < -0.39 is 64.6 Å². The molecule has 1 aliphatic carbocycles. The van der Waals surface area contributed by atoms with Gasteiger partial charge in [-0.3, -0.25) is 9.59 Å². The Morgan fingerprint density at radius 2 is 1.93 bits per heavy atom. The van der Waals surface area contributed by atoms with Crippen molar-refractivity contribution in [2.24, 2.45) is 0 Å². The van der Waals surface area contributed by atoms with E-state index in [0.717, 1.165) is 18.5 Å². The molecule has 1 saturated carbocycles. The number of nitrogens with one attached hydrogen (secondary N) is 3. The van der Waals surface area contributed by atoms with E-state index in [4.69, 9.17) is 0 Å². The number of H-pyrrole nitrogens is 1. The monoisotopic (exact) mass is 611 g/mol. The first-order valence-electron chi connectivity index (χ1n) is 13.1. The van der Waals surface area contributed by atoms with Crippen molar-refractivity contribution in [1.82, 2.24) is 24.7 Å². The van der Waals surface area contributed by atoms with Gasteiger partial charge in [-0.1, -0.05) is 0 Å². The van der Waals surface area contributed by atoms with E-state index in [0.29, 0.717) is 18.2 Å². The highest BCUT2D eigenvalue weighted by atomic mass is 19.4. The fraction of sp³-hybridized carbons (Fsp3) is 0.370. The van der Waals surface area contributed by atoms with Crippen LogP contribution < -0.4 is 21.8 Å². The first-order valence-corrected chi connectivity index (χ1v) is 13.1. The smallest absolute Gasteiger partial charge is 0.381 e. The molecule has 3 aromatic heterocycles. The lowest BCUT2D eigenvalue weighted by molar-refractivity contribution is -0.138. The summed E-state index contributed by atoms with van der Waals surface area (Å²) in [5.74, 6) is -1.40. The second-order valence-corrected chi connectivity index (χ2v) is 10.2. The maximum Gasteiger partial charge on any atom is 0.423 e. The zero-order valence-corrected chi connectivity index (χ0v) is 22.4. The molecular weight excluding hydrogens is 587 g/mol. The van der Waals surface area contributed by atoms with Crippen molar-refractivity contribution in [2.75, 3.05) is 10.6 Å². The number of aromatic nitrogens is 5. The molecule has 43 heavy (non-hydrogen) atoms. The van der Waals surface area contributed by atoms with E-state index in [2.05, 4.69) is 25.7 Å². The molecule has 228 valence electrons. The van der Waals surface area contributed by atoms with Crippen molar-refractivity contribution < 1.29 is 30.7 Å². The number of alkyl halides is 6. The highest BCUT2D eigenvalue weighted by Gasteiger charge is 2.39. The van der Waals surface area contributed by atoms with Crippen LogP contribution >= 0.6 is 0 Å². The van der Waals surface area contributed by atoms with Gasteiger partial charge in [-0.05, 0) is 43.4 Å². The molecular formula is C27H24F7N7O2. The fourth-order valence-electron chi connectivity index (χ4n) is 4.63. The van der Waals surface area contributed by atoms with Crippen molar-refractivity contribution in [3.05, 3.63) is 74.4 Å². The van der Waals surface area contributed by atoms with Crippen molar-refractivity contribution in [3.63, 3.8) is 0 Å². The van der Waals surface area contributed by atoms with Crippen LogP contribution in [0.5, 0.6) is 0 Å². The molecule has 3 atom stereocenters. The van der Waals surface area contributed by atoms with E-state index in [-0.39, 0.29) is 35.6 Å². The molecule has 0 unspecified atom stereocenters. The number of hydrogen-bond donors (Lipinski definition) is 3. The molecule has 0 spiro atoms. The molecule has 3 N–H and O–H groups in total. The number of fused-ring (bicyclic) bond motifs is 1. The Labute approximate surface area is 238 Å². The predicted molar refractivity (Wildman–Crippen MR) is 143 cm³/mol. The average Bonchev–Trinajstić information content (AvgIpc) is 3.62. The number of hydrogen-bond acceptors (Lipinski definition) is 7. The van der Waals surface area contributed by atoms with Crippen LogP contribution in [-0.4, -0.2) is 43.0 Å². The van der Waals surface area contributed by atoms with Gasteiger partial charge in [-0.15, -0.1) is 0 Å². The van der Waals surface area contributed by atoms with Gasteiger partial charge in [0.15, 0.2) is 5.82 Å². The molecule has 0 radical (unpaired) electrons. The summed E-state index contributed by atoms with van der Waals surface area (Å²) in [4.78, 5) is 32.6. The van der Waals surface area contributed by atoms with Crippen LogP contribution in [0.4, 0.5) is 42.2 Å². The second-order valence-electron chi connectivity index (χ2n) is 10.2. The van der Waals surface area contributed by atoms with Crippen LogP contribution in [0, 0.1) is 5.82 Å². The lowest BCUT2D eigenvalue weighted by Gasteiger charge is -2.18. The van der Waals surface area contributed by atoms with E-state index >= 15 is 4.39 Å². The Kier molecular flexibility index (Phi) is 8.12. The third-order valence-electron chi connectivity index (χ3n) is 6.97. The maximum atomic E-state index is 15.2. The van der Waals surface area contributed by atoms with Gasteiger partial charge in [-0.2, -0.15) is 18.3 Å². The number of halogens is 7. The first kappa shape index (κ1) is 30.0. The van der Waals surface area contributed by atoms with Gasteiger partial charge >= 0.3 is 6.18 Å². The van der Waals surface area contributed by atoms with Crippen LogP contribution in [0.2, 0.25) is 0 Å². The molecule has 4 aromatic rings. The van der Waals surface area contributed by atoms with Gasteiger partial charge in [0, 0.05) is 31.4 Å². The van der Waals surface area contributed by atoms with Crippen LogP contribution in [0.1, 0.15) is 43.7 Å². The SMILES string of the molecule is C[C@@H](CCCn1ccc2cc(-c3ncc(C(F)F)c(N[C@@H]4C[C@@H]4F)n3)c(F)cc2c1=O)Nc1cn[nH]c(=O)c1C(F)(F)F. The number of rotatable bonds is 10. The highest BCUT2D eigenvalue weighted by molar-refractivity contribution is 5.86. The molecule has 0 aliphatic heterocycles. The molecule has 3 heterocycles. The third-order valence-corrected chi connectivity index (χ3v) is 6.97. The van der Waals surface area contributed by atoms with Gasteiger partial charge in [0.1, 0.15) is 23.4 Å². The van der Waals surface area contributed by atoms with Gasteiger partial charge in [-0.25, -0.2) is 32.6 Å². The minimum atomic E-state index is -4.89. The van der Waals surface area contributed by atoms with Gasteiger partial charge in [0.05, 0.1) is 34.4 Å². The zero-order chi connectivity index (χ0) is 31.1. The summed E-state index contributed by atoms with van der Waals surface area (Å²) in [7, 11) is 0. The van der Waals surface area contributed by atoms with Gasteiger partial charge < -0.3 is 15.2 Å². The van der Waals surface area contributed by atoms with Crippen LogP contribution in [-0.2, 0) is 12.7 Å². The normalized spacial score (nSPS) is 17.3. The molecule has 16 heteroatoms. The Balaban J connectivity index is 1.31. The topological polar surface area (TPSA) is 118 Å². The second kappa shape index (κ2) is 11.6. The maximum absolute atomic E-state index is 15.2. The number of benzene rings is 1. The van der Waals surface area contributed by atoms with Crippen molar-refractivity contribution in [2.45, 2.75) is 63.6 Å². The Bertz CT molecular complexity index is 1770. The van der Waals surface area contributed by atoms with E-state index in [9.17, 15) is 35.9 Å². The third kappa shape index (κ3) is 6.46. The molecule has 9 nitrogen and oxygen atoms in total. The van der Waals surface area contributed by atoms with Crippen LogP contribution in [0.3, 0.4) is 0 Å². The van der Waals surface area contributed by atoms with Crippen LogP contribution in [0.15, 0.2) is 46.4 Å². The predicted octanol–water partition coefficient (Wildman–Crippen LogP) is 5.44. The molecule has 1 aliphatic rings. The summed E-state index contributed by atoms with van der Waals surface area (Å²) >= 11 is 0. The van der Waals surface area contributed by atoms with Crippen molar-refractivity contribution >= 4 is 22.3 Å². The Hall–Kier alpha value is -4.50. The fourth-order valence-corrected chi connectivity index (χ4v) is 4.63. The molecule has 5 rings (SSSR count). The standard InChI is InChI=1S/C27H24F7N7O2/c1-12(37-20-11-36-40-25(42)21(20)27(32,33)34)3-2-5-41-6-4-13-7-15(17(28)8-14(13)26(41)43)23-35-10-16(22(30)31)24(39-23)38-19-9-18(19)29/h4,6-8,10-12,18-19,22H,2-3,5,9H2,1H3,(H,35,38,39)(H2,37,40,42)/t12-,18-,19+/m0/s1. The van der Waals surface area contributed by atoms with E-state index in [1.807, 2.05) is 0 Å². The molecule has 0 amide bonds. The summed E-state index contributed by atoms with van der Waals surface area (Å²) in [5.41, 5.74) is -4.45. The van der Waals surface area contributed by atoms with Crippen molar-refractivity contribution in [1.29, 1.82) is 0 Å². The largest absolute Gasteiger partial charge is 0.423 e.